The Hall–Kier alpha value is -3.25. The molecule has 3 aromatic rings. The lowest BCUT2D eigenvalue weighted by Crippen LogP contribution is -2.42. The van der Waals surface area contributed by atoms with Gasteiger partial charge in [0.2, 0.25) is 5.91 Å². The van der Waals surface area contributed by atoms with Crippen LogP contribution in [0.3, 0.4) is 0 Å². The molecular formula is C28H32N4O2. The van der Waals surface area contributed by atoms with Gasteiger partial charge in [-0.3, -0.25) is 19.5 Å². The molecule has 1 aliphatic carbocycles. The second kappa shape index (κ2) is 10.3. The van der Waals surface area contributed by atoms with Crippen LogP contribution >= 0.6 is 0 Å². The van der Waals surface area contributed by atoms with E-state index in [0.717, 1.165) is 67.5 Å². The number of likely N-dealkylation sites (tertiary alicyclic amines) is 1. The van der Waals surface area contributed by atoms with Crippen molar-refractivity contribution in [1.29, 1.82) is 0 Å². The van der Waals surface area contributed by atoms with Gasteiger partial charge in [0.15, 0.2) is 0 Å². The van der Waals surface area contributed by atoms with Gasteiger partial charge in [-0.2, -0.15) is 0 Å². The predicted molar refractivity (Wildman–Crippen MR) is 135 cm³/mol. The summed E-state index contributed by atoms with van der Waals surface area (Å²) in [6, 6.07) is 18.1. The summed E-state index contributed by atoms with van der Waals surface area (Å²) in [7, 11) is 0. The lowest BCUT2D eigenvalue weighted by molar-refractivity contribution is -0.127. The molecule has 2 N–H and O–H groups in total. The van der Waals surface area contributed by atoms with Crippen molar-refractivity contribution in [2.45, 2.75) is 51.1 Å². The van der Waals surface area contributed by atoms with Crippen LogP contribution in [0.4, 0.5) is 5.69 Å². The Kier molecular flexibility index (Phi) is 6.86. The highest BCUT2D eigenvalue weighted by Gasteiger charge is 2.27. The van der Waals surface area contributed by atoms with Gasteiger partial charge in [-0.1, -0.05) is 43.2 Å². The van der Waals surface area contributed by atoms with E-state index < -0.39 is 0 Å². The Bertz CT molecular complexity index is 1160. The number of aromatic nitrogens is 1. The van der Waals surface area contributed by atoms with E-state index in [1.165, 1.54) is 12.8 Å². The summed E-state index contributed by atoms with van der Waals surface area (Å²) in [6.45, 7) is 2.66. The number of carbonyl (C=O) groups is 2. The second-order valence-electron chi connectivity index (χ2n) is 9.61. The van der Waals surface area contributed by atoms with Crippen LogP contribution in [-0.4, -0.2) is 40.8 Å². The maximum Gasteiger partial charge on any atom is 0.257 e. The largest absolute Gasteiger partial charge is 0.353 e. The molecule has 2 amide bonds. The minimum Gasteiger partial charge on any atom is -0.353 e. The van der Waals surface area contributed by atoms with E-state index in [0.29, 0.717) is 11.6 Å². The lowest BCUT2D eigenvalue weighted by atomic mass is 9.95. The van der Waals surface area contributed by atoms with Gasteiger partial charge in [-0.15, -0.1) is 0 Å². The second-order valence-corrected chi connectivity index (χ2v) is 9.61. The molecular weight excluding hydrogens is 424 g/mol. The summed E-state index contributed by atoms with van der Waals surface area (Å²) in [5.41, 5.74) is 3.35. The molecule has 2 heterocycles. The van der Waals surface area contributed by atoms with E-state index in [1.54, 1.807) is 6.20 Å². The molecule has 6 heteroatoms. The molecule has 0 bridgehead atoms. The quantitative estimate of drug-likeness (QED) is 0.561. The first-order valence-electron chi connectivity index (χ1n) is 12.4. The fourth-order valence-corrected chi connectivity index (χ4v) is 5.15. The molecule has 2 fully saturated rings. The third-order valence-electron chi connectivity index (χ3n) is 7.10. The smallest absolute Gasteiger partial charge is 0.257 e. The number of rotatable bonds is 6. The Morgan fingerprint density at radius 3 is 2.56 bits per heavy atom. The molecule has 176 valence electrons. The highest BCUT2D eigenvalue weighted by atomic mass is 16.2. The Labute approximate surface area is 200 Å². The van der Waals surface area contributed by atoms with Crippen LogP contribution in [0.5, 0.6) is 0 Å². The molecule has 1 aromatic heterocycles. The number of hydrogen-bond donors (Lipinski definition) is 2. The molecule has 6 nitrogen and oxygen atoms in total. The number of hydrogen-bond acceptors (Lipinski definition) is 4. The SMILES string of the molecule is O=C(Nc1cccc(CN2CCC(C(=O)NC3CCCC3)CC2)c1)c1cnc2ccccc2c1. The van der Waals surface area contributed by atoms with Crippen molar-refractivity contribution in [2.24, 2.45) is 5.92 Å². The average molecular weight is 457 g/mol. The fourth-order valence-electron chi connectivity index (χ4n) is 5.15. The lowest BCUT2D eigenvalue weighted by Gasteiger charge is -2.32. The number of nitrogens with zero attached hydrogens (tertiary/aromatic N) is 2. The molecule has 1 aliphatic heterocycles. The zero-order valence-electron chi connectivity index (χ0n) is 19.5. The van der Waals surface area contributed by atoms with Crippen LogP contribution in [0.25, 0.3) is 10.9 Å². The molecule has 1 saturated carbocycles. The van der Waals surface area contributed by atoms with Gasteiger partial charge in [0.25, 0.3) is 5.91 Å². The van der Waals surface area contributed by atoms with Crippen molar-refractivity contribution in [2.75, 3.05) is 18.4 Å². The number of para-hydroxylation sites is 1. The third-order valence-corrected chi connectivity index (χ3v) is 7.10. The van der Waals surface area contributed by atoms with Gasteiger partial charge in [0.05, 0.1) is 11.1 Å². The number of carbonyl (C=O) groups excluding carboxylic acids is 2. The molecule has 0 radical (unpaired) electrons. The van der Waals surface area contributed by atoms with Gasteiger partial charge in [0.1, 0.15) is 0 Å². The average Bonchev–Trinajstić information content (AvgIpc) is 3.37. The van der Waals surface area contributed by atoms with Crippen molar-refractivity contribution in [1.82, 2.24) is 15.2 Å². The summed E-state index contributed by atoms with van der Waals surface area (Å²) in [6.07, 6.45) is 8.18. The summed E-state index contributed by atoms with van der Waals surface area (Å²) in [4.78, 5) is 32.2. The van der Waals surface area contributed by atoms with E-state index >= 15 is 0 Å². The monoisotopic (exact) mass is 456 g/mol. The van der Waals surface area contributed by atoms with Gasteiger partial charge in [-0.05, 0) is 68.6 Å². The molecule has 0 atom stereocenters. The standard InChI is InChI=1S/C28H32N4O2/c33-27(30-24-8-2-3-9-24)21-12-14-32(15-13-21)19-20-6-5-10-25(16-20)31-28(34)23-17-22-7-1-4-11-26(22)29-18-23/h1,4-7,10-11,16-18,21,24H,2-3,8-9,12-15,19H2,(H,30,33)(H,31,34). The van der Waals surface area contributed by atoms with Gasteiger partial charge < -0.3 is 10.6 Å². The predicted octanol–water partition coefficient (Wildman–Crippen LogP) is 4.76. The van der Waals surface area contributed by atoms with Gasteiger partial charge in [-0.25, -0.2) is 0 Å². The first-order valence-corrected chi connectivity index (χ1v) is 12.4. The summed E-state index contributed by atoms with van der Waals surface area (Å²) < 4.78 is 0. The van der Waals surface area contributed by atoms with E-state index in [9.17, 15) is 9.59 Å². The first-order chi connectivity index (χ1) is 16.6. The zero-order valence-corrected chi connectivity index (χ0v) is 19.5. The van der Waals surface area contributed by atoms with Crippen LogP contribution in [0.15, 0.2) is 60.8 Å². The van der Waals surface area contributed by atoms with Crippen molar-refractivity contribution in [3.05, 3.63) is 71.9 Å². The van der Waals surface area contributed by atoms with Crippen molar-refractivity contribution in [3.8, 4) is 0 Å². The topological polar surface area (TPSA) is 74.3 Å². The van der Waals surface area contributed by atoms with Crippen molar-refractivity contribution in [3.63, 3.8) is 0 Å². The van der Waals surface area contributed by atoms with E-state index in [4.69, 9.17) is 0 Å². The number of pyridine rings is 1. The van der Waals surface area contributed by atoms with Crippen LogP contribution in [0, 0.1) is 5.92 Å². The zero-order chi connectivity index (χ0) is 23.3. The fraction of sp³-hybridized carbons (Fsp3) is 0.393. The number of piperidine rings is 1. The van der Waals surface area contributed by atoms with Crippen LogP contribution in [0.2, 0.25) is 0 Å². The molecule has 2 aliphatic rings. The van der Waals surface area contributed by atoms with Crippen molar-refractivity contribution >= 4 is 28.4 Å². The Balaban J connectivity index is 1.14. The highest BCUT2D eigenvalue weighted by Crippen LogP contribution is 2.23. The Morgan fingerprint density at radius 2 is 1.74 bits per heavy atom. The van der Waals surface area contributed by atoms with Crippen LogP contribution in [0.1, 0.15) is 54.4 Å². The molecule has 2 aromatic carbocycles. The number of nitrogens with one attached hydrogen (secondary N) is 2. The normalized spacial score (nSPS) is 17.6. The first kappa shape index (κ1) is 22.5. The maximum atomic E-state index is 12.8. The van der Waals surface area contributed by atoms with Crippen LogP contribution in [-0.2, 0) is 11.3 Å². The van der Waals surface area contributed by atoms with E-state index in [-0.39, 0.29) is 17.7 Å². The number of fused-ring (bicyclic) bond motifs is 1. The minimum atomic E-state index is -0.163. The Morgan fingerprint density at radius 1 is 0.941 bits per heavy atom. The maximum absolute atomic E-state index is 12.8. The molecule has 34 heavy (non-hydrogen) atoms. The minimum absolute atomic E-state index is 0.137. The third kappa shape index (κ3) is 5.45. The molecule has 0 spiro atoms. The number of benzene rings is 2. The van der Waals surface area contributed by atoms with Crippen LogP contribution < -0.4 is 10.6 Å². The summed E-state index contributed by atoms with van der Waals surface area (Å²) >= 11 is 0. The van der Waals surface area contributed by atoms with Gasteiger partial charge >= 0.3 is 0 Å². The van der Waals surface area contributed by atoms with E-state index in [1.807, 2.05) is 48.5 Å². The number of anilines is 1. The van der Waals surface area contributed by atoms with E-state index in [2.05, 4.69) is 26.6 Å². The number of amides is 2. The highest BCUT2D eigenvalue weighted by molar-refractivity contribution is 6.05. The molecule has 0 unspecified atom stereocenters. The molecule has 1 saturated heterocycles. The van der Waals surface area contributed by atoms with Crippen molar-refractivity contribution < 1.29 is 9.59 Å². The summed E-state index contributed by atoms with van der Waals surface area (Å²) in [5.74, 6) is 0.224. The van der Waals surface area contributed by atoms with Gasteiger partial charge in [0, 0.05) is 35.8 Å². The molecule has 5 rings (SSSR count). The summed E-state index contributed by atoms with van der Waals surface area (Å²) in [5, 5.41) is 7.21.